The maximum atomic E-state index is 12.1. The van der Waals surface area contributed by atoms with E-state index >= 15 is 0 Å². The minimum absolute atomic E-state index is 0.00656. The van der Waals surface area contributed by atoms with Gasteiger partial charge in [0.25, 0.3) is 5.91 Å². The number of nitrogens with two attached hydrogens (primary N) is 1. The van der Waals surface area contributed by atoms with Gasteiger partial charge in [0.15, 0.2) is 0 Å². The van der Waals surface area contributed by atoms with Crippen molar-refractivity contribution in [2.45, 2.75) is 19.5 Å². The van der Waals surface area contributed by atoms with Gasteiger partial charge in [-0.25, -0.2) is 0 Å². The molecule has 0 spiro atoms. The Kier molecular flexibility index (Phi) is 3.26. The van der Waals surface area contributed by atoms with Gasteiger partial charge < -0.3 is 15.4 Å². The number of ether oxygens (including phenoxy) is 1. The molecule has 1 aromatic carbocycles. The van der Waals surface area contributed by atoms with E-state index < -0.39 is 0 Å². The number of anilines is 1. The first-order valence-corrected chi connectivity index (χ1v) is 5.80. The van der Waals surface area contributed by atoms with E-state index in [0.29, 0.717) is 29.4 Å². The molecular formula is C12H15ClN2O2. The molecule has 17 heavy (non-hydrogen) atoms. The predicted octanol–water partition coefficient (Wildman–Crippen LogP) is 1.91. The van der Waals surface area contributed by atoms with Gasteiger partial charge in [0.1, 0.15) is 0 Å². The second kappa shape index (κ2) is 4.55. The van der Waals surface area contributed by atoms with Crippen molar-refractivity contribution in [3.05, 3.63) is 28.3 Å². The van der Waals surface area contributed by atoms with Crippen LogP contribution in [-0.4, -0.2) is 30.6 Å². The van der Waals surface area contributed by atoms with Gasteiger partial charge in [-0.05, 0) is 19.1 Å². The summed E-state index contributed by atoms with van der Waals surface area (Å²) >= 11 is 5.95. The molecule has 1 aliphatic rings. The molecule has 0 bridgehead atoms. The molecule has 4 nitrogen and oxygen atoms in total. The van der Waals surface area contributed by atoms with Gasteiger partial charge >= 0.3 is 0 Å². The standard InChI is InChI=1S/C12H15ClN2O2/c1-7(6-17-2)15-5-9-8(12(15)16)3-4-10(13)11(9)14/h3-4,7H,5-6,14H2,1-2H3. The van der Waals surface area contributed by atoms with Gasteiger partial charge in [-0.2, -0.15) is 0 Å². The first-order valence-electron chi connectivity index (χ1n) is 5.43. The van der Waals surface area contributed by atoms with Gasteiger partial charge in [0.05, 0.1) is 23.4 Å². The van der Waals surface area contributed by atoms with E-state index in [-0.39, 0.29) is 11.9 Å². The molecule has 0 saturated heterocycles. The molecule has 1 heterocycles. The number of halogens is 1. The summed E-state index contributed by atoms with van der Waals surface area (Å²) < 4.78 is 5.07. The Morgan fingerprint density at radius 2 is 2.29 bits per heavy atom. The molecule has 0 aromatic heterocycles. The van der Waals surface area contributed by atoms with Crippen molar-refractivity contribution in [2.75, 3.05) is 19.5 Å². The predicted molar refractivity (Wildman–Crippen MR) is 67.1 cm³/mol. The lowest BCUT2D eigenvalue weighted by Crippen LogP contribution is -2.36. The summed E-state index contributed by atoms with van der Waals surface area (Å²) in [6.07, 6.45) is 0. The Morgan fingerprint density at radius 3 is 2.94 bits per heavy atom. The minimum atomic E-state index is -0.00656. The zero-order valence-electron chi connectivity index (χ0n) is 9.87. The summed E-state index contributed by atoms with van der Waals surface area (Å²) in [7, 11) is 1.62. The smallest absolute Gasteiger partial charge is 0.254 e. The summed E-state index contributed by atoms with van der Waals surface area (Å²) in [5.41, 5.74) is 7.87. The van der Waals surface area contributed by atoms with Crippen LogP contribution in [0.25, 0.3) is 0 Å². The van der Waals surface area contributed by atoms with Crippen molar-refractivity contribution in [1.82, 2.24) is 4.90 Å². The van der Waals surface area contributed by atoms with E-state index in [2.05, 4.69) is 0 Å². The third-order valence-corrected chi connectivity index (χ3v) is 3.39. The Hall–Kier alpha value is -1.26. The highest BCUT2D eigenvalue weighted by atomic mass is 35.5. The zero-order chi connectivity index (χ0) is 12.6. The molecule has 1 aliphatic heterocycles. The molecule has 0 saturated carbocycles. The average molecular weight is 255 g/mol. The molecule has 92 valence electrons. The lowest BCUT2D eigenvalue weighted by Gasteiger charge is -2.23. The Morgan fingerprint density at radius 1 is 1.59 bits per heavy atom. The highest BCUT2D eigenvalue weighted by molar-refractivity contribution is 6.33. The van der Waals surface area contributed by atoms with Crippen molar-refractivity contribution in [2.24, 2.45) is 0 Å². The van der Waals surface area contributed by atoms with Crippen LogP contribution in [0.3, 0.4) is 0 Å². The average Bonchev–Trinajstić information content (AvgIpc) is 2.63. The molecule has 1 aromatic rings. The van der Waals surface area contributed by atoms with Crippen LogP contribution < -0.4 is 5.73 Å². The number of hydrogen-bond acceptors (Lipinski definition) is 3. The molecule has 5 heteroatoms. The summed E-state index contributed by atoms with van der Waals surface area (Å²) in [6, 6.07) is 3.42. The van der Waals surface area contributed by atoms with Crippen molar-refractivity contribution in [3.63, 3.8) is 0 Å². The number of benzene rings is 1. The van der Waals surface area contributed by atoms with Crippen LogP contribution in [-0.2, 0) is 11.3 Å². The highest BCUT2D eigenvalue weighted by Gasteiger charge is 2.32. The largest absolute Gasteiger partial charge is 0.397 e. The quantitative estimate of drug-likeness (QED) is 0.839. The summed E-state index contributed by atoms with van der Waals surface area (Å²) in [5, 5.41) is 0.498. The molecular weight excluding hydrogens is 240 g/mol. The topological polar surface area (TPSA) is 55.6 Å². The van der Waals surface area contributed by atoms with E-state index in [9.17, 15) is 4.79 Å². The van der Waals surface area contributed by atoms with Crippen LogP contribution in [0.15, 0.2) is 12.1 Å². The summed E-state index contributed by atoms with van der Waals surface area (Å²) in [4.78, 5) is 13.9. The van der Waals surface area contributed by atoms with Crippen molar-refractivity contribution < 1.29 is 9.53 Å². The number of carbonyl (C=O) groups excluding carboxylic acids is 1. The molecule has 2 N–H and O–H groups in total. The van der Waals surface area contributed by atoms with Crippen LogP contribution in [0.1, 0.15) is 22.8 Å². The van der Waals surface area contributed by atoms with Crippen molar-refractivity contribution >= 4 is 23.2 Å². The molecule has 0 radical (unpaired) electrons. The third-order valence-electron chi connectivity index (χ3n) is 3.06. The first kappa shape index (κ1) is 12.2. The number of fused-ring (bicyclic) bond motifs is 1. The molecule has 0 aliphatic carbocycles. The maximum Gasteiger partial charge on any atom is 0.254 e. The summed E-state index contributed by atoms with van der Waals surface area (Å²) in [6.45, 7) is 2.96. The van der Waals surface area contributed by atoms with Crippen LogP contribution in [0.2, 0.25) is 5.02 Å². The number of nitrogen functional groups attached to an aromatic ring is 1. The van der Waals surface area contributed by atoms with E-state index in [0.717, 1.165) is 5.56 Å². The zero-order valence-corrected chi connectivity index (χ0v) is 10.6. The van der Waals surface area contributed by atoms with Crippen molar-refractivity contribution in [1.29, 1.82) is 0 Å². The highest BCUT2D eigenvalue weighted by Crippen LogP contribution is 2.33. The fourth-order valence-corrected chi connectivity index (χ4v) is 2.27. The van der Waals surface area contributed by atoms with Gasteiger partial charge in [-0.1, -0.05) is 11.6 Å². The maximum absolute atomic E-state index is 12.1. The first-order chi connectivity index (χ1) is 8.06. The van der Waals surface area contributed by atoms with Gasteiger partial charge in [-0.3, -0.25) is 4.79 Å². The second-order valence-corrected chi connectivity index (χ2v) is 4.63. The van der Waals surface area contributed by atoms with E-state index in [4.69, 9.17) is 22.1 Å². The Balaban J connectivity index is 2.32. The van der Waals surface area contributed by atoms with E-state index in [1.165, 1.54) is 0 Å². The van der Waals surface area contributed by atoms with Crippen molar-refractivity contribution in [3.8, 4) is 0 Å². The monoisotopic (exact) mass is 254 g/mol. The molecule has 1 unspecified atom stereocenters. The number of rotatable bonds is 3. The van der Waals surface area contributed by atoms with Crippen LogP contribution >= 0.6 is 11.6 Å². The van der Waals surface area contributed by atoms with Crippen LogP contribution in [0.4, 0.5) is 5.69 Å². The Labute approximate surface area is 105 Å². The van der Waals surface area contributed by atoms with Crippen LogP contribution in [0, 0.1) is 0 Å². The lowest BCUT2D eigenvalue weighted by molar-refractivity contribution is 0.0588. The van der Waals surface area contributed by atoms with E-state index in [1.54, 1.807) is 24.1 Å². The molecule has 1 amide bonds. The fourth-order valence-electron chi connectivity index (χ4n) is 2.09. The van der Waals surface area contributed by atoms with Gasteiger partial charge in [-0.15, -0.1) is 0 Å². The molecule has 2 rings (SSSR count). The number of hydrogen-bond donors (Lipinski definition) is 1. The molecule has 1 atom stereocenters. The normalized spacial score (nSPS) is 16.2. The second-order valence-electron chi connectivity index (χ2n) is 4.22. The summed E-state index contributed by atoms with van der Waals surface area (Å²) in [5.74, 6) is -0.00656. The SMILES string of the molecule is COCC(C)N1Cc2c(ccc(Cl)c2N)C1=O. The lowest BCUT2D eigenvalue weighted by atomic mass is 10.1. The molecule has 0 fully saturated rings. The van der Waals surface area contributed by atoms with Gasteiger partial charge in [0, 0.05) is 24.8 Å². The van der Waals surface area contributed by atoms with Gasteiger partial charge in [0.2, 0.25) is 0 Å². The van der Waals surface area contributed by atoms with E-state index in [1.807, 2.05) is 6.92 Å². The van der Waals surface area contributed by atoms with Crippen LogP contribution in [0.5, 0.6) is 0 Å². The number of nitrogens with zero attached hydrogens (tertiary/aromatic N) is 1. The number of carbonyl (C=O) groups is 1. The number of methoxy groups -OCH3 is 1. The minimum Gasteiger partial charge on any atom is -0.397 e. The Bertz CT molecular complexity index is 462. The number of amides is 1. The third kappa shape index (κ3) is 1.98. The fraction of sp³-hybridized carbons (Fsp3) is 0.417.